The van der Waals surface area contributed by atoms with Gasteiger partial charge in [-0.1, -0.05) is 29.8 Å². The summed E-state index contributed by atoms with van der Waals surface area (Å²) in [6.45, 7) is 0. The smallest absolute Gasteiger partial charge is 0.146 e. The molecule has 0 aliphatic carbocycles. The van der Waals surface area contributed by atoms with Crippen molar-refractivity contribution < 1.29 is 4.39 Å². The summed E-state index contributed by atoms with van der Waals surface area (Å²) in [7, 11) is 1.81. The molecule has 0 fully saturated rings. The molecule has 0 saturated carbocycles. The van der Waals surface area contributed by atoms with Crippen molar-refractivity contribution in [1.29, 1.82) is 0 Å². The second kappa shape index (κ2) is 5.94. The van der Waals surface area contributed by atoms with E-state index in [1.807, 2.05) is 24.3 Å². The monoisotopic (exact) mass is 264 g/mol. The van der Waals surface area contributed by atoms with E-state index in [0.29, 0.717) is 17.0 Å². The molecule has 1 atom stereocenters. The Kier molecular flexibility index (Phi) is 4.28. The number of nitrogens with one attached hydrogen (secondary N) is 1. The highest BCUT2D eigenvalue weighted by atomic mass is 35.5. The number of hydrogen-bond acceptors (Lipinski definition) is 2. The second-order valence-electron chi connectivity index (χ2n) is 4.03. The zero-order chi connectivity index (χ0) is 13.0. The summed E-state index contributed by atoms with van der Waals surface area (Å²) in [5, 5.41) is 3.81. The molecule has 94 valence electrons. The summed E-state index contributed by atoms with van der Waals surface area (Å²) in [5.74, 6) is -0.302. The molecule has 0 radical (unpaired) electrons. The van der Waals surface area contributed by atoms with Gasteiger partial charge < -0.3 is 5.32 Å². The molecule has 0 aliphatic rings. The highest BCUT2D eigenvalue weighted by Crippen LogP contribution is 2.24. The molecule has 1 N–H and O–H groups in total. The van der Waals surface area contributed by atoms with E-state index in [-0.39, 0.29) is 11.9 Å². The van der Waals surface area contributed by atoms with Crippen LogP contribution in [0.5, 0.6) is 0 Å². The minimum Gasteiger partial charge on any atom is -0.313 e. The molecule has 0 saturated heterocycles. The molecule has 0 amide bonds. The van der Waals surface area contributed by atoms with Crippen molar-refractivity contribution >= 4 is 11.6 Å². The topological polar surface area (TPSA) is 24.9 Å². The molecule has 4 heteroatoms. The van der Waals surface area contributed by atoms with Gasteiger partial charge in [0, 0.05) is 22.8 Å². The van der Waals surface area contributed by atoms with Crippen LogP contribution in [0.4, 0.5) is 4.39 Å². The number of rotatable bonds is 4. The number of likely N-dealkylation sites (N-methyl/N-ethyl adjacent to an activating group) is 1. The first-order valence-corrected chi connectivity index (χ1v) is 6.10. The molecule has 1 unspecified atom stereocenters. The fourth-order valence-corrected chi connectivity index (χ4v) is 2.13. The predicted octanol–water partition coefficient (Wildman–Crippen LogP) is 3.38. The van der Waals surface area contributed by atoms with Crippen molar-refractivity contribution in [2.24, 2.45) is 0 Å². The molecule has 0 spiro atoms. The van der Waals surface area contributed by atoms with E-state index in [1.165, 1.54) is 6.20 Å². The van der Waals surface area contributed by atoms with Crippen LogP contribution in [-0.4, -0.2) is 12.0 Å². The lowest BCUT2D eigenvalue weighted by Crippen LogP contribution is -2.20. The average Bonchev–Trinajstić information content (AvgIpc) is 2.39. The van der Waals surface area contributed by atoms with Gasteiger partial charge in [0.15, 0.2) is 0 Å². The Bertz CT molecular complexity index is 531. The zero-order valence-electron chi connectivity index (χ0n) is 10.0. The van der Waals surface area contributed by atoms with E-state index in [4.69, 9.17) is 11.6 Å². The molecule has 2 aromatic rings. The van der Waals surface area contributed by atoms with Gasteiger partial charge in [-0.15, -0.1) is 0 Å². The predicted molar refractivity (Wildman–Crippen MR) is 71.2 cm³/mol. The van der Waals surface area contributed by atoms with E-state index in [0.717, 1.165) is 5.56 Å². The minimum absolute atomic E-state index is 0.118. The van der Waals surface area contributed by atoms with Crippen molar-refractivity contribution in [2.75, 3.05) is 7.05 Å². The average molecular weight is 265 g/mol. The Morgan fingerprint density at radius 2 is 2.11 bits per heavy atom. The lowest BCUT2D eigenvalue weighted by molar-refractivity contribution is 0.530. The molecule has 1 aromatic carbocycles. The van der Waals surface area contributed by atoms with E-state index >= 15 is 0 Å². The Labute approximate surface area is 111 Å². The van der Waals surface area contributed by atoms with Crippen LogP contribution >= 0.6 is 11.6 Å². The molecule has 2 rings (SSSR count). The summed E-state index contributed by atoms with van der Waals surface area (Å²) in [6, 6.07) is 9.17. The molecule has 1 heterocycles. The third kappa shape index (κ3) is 2.86. The van der Waals surface area contributed by atoms with Crippen LogP contribution in [0.25, 0.3) is 0 Å². The van der Waals surface area contributed by atoms with Gasteiger partial charge in [0.1, 0.15) is 5.82 Å². The van der Waals surface area contributed by atoms with Gasteiger partial charge in [-0.05, 0) is 31.2 Å². The normalized spacial score (nSPS) is 12.4. The first-order valence-electron chi connectivity index (χ1n) is 5.72. The van der Waals surface area contributed by atoms with Crippen molar-refractivity contribution in [3.05, 3.63) is 64.7 Å². The van der Waals surface area contributed by atoms with Gasteiger partial charge in [-0.25, -0.2) is 4.39 Å². The van der Waals surface area contributed by atoms with Crippen LogP contribution < -0.4 is 5.32 Å². The number of hydrogen-bond donors (Lipinski definition) is 1. The van der Waals surface area contributed by atoms with Crippen LogP contribution in [0.3, 0.4) is 0 Å². The standard InChI is InChI=1S/C14H14ClFN2/c1-17-14(11-6-7-18-9-13(11)16)8-10-4-2-3-5-12(10)15/h2-7,9,14,17H,8H2,1H3. The Morgan fingerprint density at radius 3 is 2.78 bits per heavy atom. The summed E-state index contributed by atoms with van der Waals surface area (Å²) in [5.41, 5.74) is 1.60. The molecular formula is C14H14ClFN2. The summed E-state index contributed by atoms with van der Waals surface area (Å²) in [4.78, 5) is 3.76. The number of halogens is 2. The SMILES string of the molecule is CNC(Cc1ccccc1Cl)c1ccncc1F. The second-order valence-corrected chi connectivity index (χ2v) is 4.44. The van der Waals surface area contributed by atoms with Crippen molar-refractivity contribution in [2.45, 2.75) is 12.5 Å². The van der Waals surface area contributed by atoms with Crippen LogP contribution in [0, 0.1) is 5.82 Å². The maximum atomic E-state index is 13.7. The van der Waals surface area contributed by atoms with Gasteiger partial charge in [0.25, 0.3) is 0 Å². The first-order chi connectivity index (χ1) is 8.72. The van der Waals surface area contributed by atoms with Crippen molar-refractivity contribution in [3.8, 4) is 0 Å². The third-order valence-corrected chi connectivity index (χ3v) is 3.28. The summed E-state index contributed by atoms with van der Waals surface area (Å²) < 4.78 is 13.7. The van der Waals surface area contributed by atoms with Gasteiger partial charge in [0.05, 0.1) is 6.20 Å². The Hall–Kier alpha value is -1.45. The van der Waals surface area contributed by atoms with E-state index < -0.39 is 0 Å². The number of nitrogens with zero attached hydrogens (tertiary/aromatic N) is 1. The molecular weight excluding hydrogens is 251 g/mol. The van der Waals surface area contributed by atoms with E-state index in [9.17, 15) is 4.39 Å². The van der Waals surface area contributed by atoms with Crippen LogP contribution in [0.15, 0.2) is 42.7 Å². The maximum absolute atomic E-state index is 13.7. The van der Waals surface area contributed by atoms with Gasteiger partial charge >= 0.3 is 0 Å². The van der Waals surface area contributed by atoms with Crippen molar-refractivity contribution in [3.63, 3.8) is 0 Å². The molecule has 0 aliphatic heterocycles. The molecule has 18 heavy (non-hydrogen) atoms. The summed E-state index contributed by atoms with van der Waals surface area (Å²) >= 11 is 6.12. The Balaban J connectivity index is 2.26. The largest absolute Gasteiger partial charge is 0.313 e. The van der Waals surface area contributed by atoms with Crippen LogP contribution in [0.1, 0.15) is 17.2 Å². The molecule has 0 bridgehead atoms. The number of pyridine rings is 1. The zero-order valence-corrected chi connectivity index (χ0v) is 10.8. The maximum Gasteiger partial charge on any atom is 0.146 e. The van der Waals surface area contributed by atoms with Crippen LogP contribution in [-0.2, 0) is 6.42 Å². The van der Waals surface area contributed by atoms with Gasteiger partial charge in [-0.3, -0.25) is 4.98 Å². The van der Waals surface area contributed by atoms with E-state index in [1.54, 1.807) is 19.3 Å². The third-order valence-electron chi connectivity index (χ3n) is 2.91. The Morgan fingerprint density at radius 1 is 1.33 bits per heavy atom. The highest BCUT2D eigenvalue weighted by Gasteiger charge is 2.15. The van der Waals surface area contributed by atoms with Gasteiger partial charge in [-0.2, -0.15) is 0 Å². The number of benzene rings is 1. The lowest BCUT2D eigenvalue weighted by Gasteiger charge is -2.17. The number of aromatic nitrogens is 1. The van der Waals surface area contributed by atoms with Crippen LogP contribution in [0.2, 0.25) is 5.02 Å². The molecule has 2 nitrogen and oxygen atoms in total. The quantitative estimate of drug-likeness (QED) is 0.916. The van der Waals surface area contributed by atoms with Gasteiger partial charge in [0.2, 0.25) is 0 Å². The summed E-state index contributed by atoms with van der Waals surface area (Å²) in [6.07, 6.45) is 3.46. The van der Waals surface area contributed by atoms with Crippen molar-refractivity contribution in [1.82, 2.24) is 10.3 Å². The fraction of sp³-hybridized carbons (Fsp3) is 0.214. The fourth-order valence-electron chi connectivity index (χ4n) is 1.92. The minimum atomic E-state index is -0.302. The first kappa shape index (κ1) is 13.0. The lowest BCUT2D eigenvalue weighted by atomic mass is 9.99. The van der Waals surface area contributed by atoms with E-state index in [2.05, 4.69) is 10.3 Å². The highest BCUT2D eigenvalue weighted by molar-refractivity contribution is 6.31. The molecule has 1 aromatic heterocycles.